The lowest BCUT2D eigenvalue weighted by Gasteiger charge is -2.70. The van der Waals surface area contributed by atoms with E-state index in [0.717, 1.165) is 0 Å². The van der Waals surface area contributed by atoms with E-state index >= 15 is 0 Å². The van der Waals surface area contributed by atoms with Crippen LogP contribution in [0.3, 0.4) is 0 Å². The molecule has 3 aliphatic carbocycles. The minimum atomic E-state index is -4.14. The molecule has 0 aromatic carbocycles. The number of nitrogen functional groups attached to an aromatic ring is 1. The molecule has 0 amide bonds. The lowest BCUT2D eigenvalue weighted by Crippen LogP contribution is -2.70. The molecule has 1 heterocycles. The summed E-state index contributed by atoms with van der Waals surface area (Å²) in [7, 11) is 1.64. The third-order valence-corrected chi connectivity index (χ3v) is 4.46. The van der Waals surface area contributed by atoms with E-state index in [1.807, 2.05) is 0 Å². The molecule has 1 aromatic rings. The molecule has 1 aromatic heterocycles. The summed E-state index contributed by atoms with van der Waals surface area (Å²) >= 11 is 5.76. The van der Waals surface area contributed by atoms with Crippen molar-refractivity contribution in [3.63, 3.8) is 0 Å². The van der Waals surface area contributed by atoms with E-state index in [9.17, 15) is 13.2 Å². The first-order valence-corrected chi connectivity index (χ1v) is 6.19. The Bertz CT molecular complexity index is 538. The Morgan fingerprint density at radius 2 is 1.84 bits per heavy atom. The second kappa shape index (κ2) is 3.45. The Labute approximate surface area is 112 Å². The summed E-state index contributed by atoms with van der Waals surface area (Å²) < 4.78 is 38.6. The van der Waals surface area contributed by atoms with Crippen LogP contribution in [0.25, 0.3) is 0 Å². The molecule has 3 aliphatic rings. The molecule has 4 nitrogen and oxygen atoms in total. The molecule has 0 spiro atoms. The van der Waals surface area contributed by atoms with E-state index < -0.39 is 17.0 Å². The van der Waals surface area contributed by atoms with Gasteiger partial charge in [0.05, 0.1) is 16.8 Å². The van der Waals surface area contributed by atoms with E-state index in [2.05, 4.69) is 15.3 Å². The van der Waals surface area contributed by atoms with Crippen LogP contribution in [0.4, 0.5) is 24.7 Å². The van der Waals surface area contributed by atoms with Gasteiger partial charge < -0.3 is 11.1 Å². The van der Waals surface area contributed by atoms with Gasteiger partial charge in [-0.2, -0.15) is 18.2 Å². The number of aromatic nitrogens is 2. The lowest BCUT2D eigenvalue weighted by atomic mass is 9.34. The zero-order chi connectivity index (χ0) is 14.1. The van der Waals surface area contributed by atoms with Crippen molar-refractivity contribution >= 4 is 23.1 Å². The average molecular weight is 293 g/mol. The van der Waals surface area contributed by atoms with Crippen molar-refractivity contribution in [3.8, 4) is 0 Å². The Balaban J connectivity index is 1.96. The van der Waals surface area contributed by atoms with Crippen molar-refractivity contribution < 1.29 is 13.2 Å². The first-order chi connectivity index (χ1) is 8.73. The van der Waals surface area contributed by atoms with Gasteiger partial charge in [-0.1, -0.05) is 0 Å². The van der Waals surface area contributed by atoms with Crippen LogP contribution in [0.1, 0.15) is 25.0 Å². The van der Waals surface area contributed by atoms with E-state index in [4.69, 9.17) is 17.3 Å². The van der Waals surface area contributed by atoms with Crippen LogP contribution in [0, 0.1) is 5.41 Å². The largest absolute Gasteiger partial charge is 0.394 e. The molecular weight excluding hydrogens is 281 g/mol. The number of anilines is 2. The highest BCUT2D eigenvalue weighted by Crippen LogP contribution is 2.79. The smallest absolute Gasteiger partial charge is 0.384 e. The summed E-state index contributed by atoms with van der Waals surface area (Å²) in [5, 5.41) is 2.82. The maximum absolute atomic E-state index is 12.9. The molecule has 2 bridgehead atoms. The van der Waals surface area contributed by atoms with Crippen LogP contribution >= 0.6 is 11.6 Å². The summed E-state index contributed by atoms with van der Waals surface area (Å²) in [6.07, 6.45) is -3.96. The minimum Gasteiger partial charge on any atom is -0.384 e. The van der Waals surface area contributed by atoms with Crippen molar-refractivity contribution in [3.05, 3.63) is 11.0 Å². The quantitative estimate of drug-likeness (QED) is 0.823. The molecule has 4 rings (SSSR count). The fourth-order valence-corrected chi connectivity index (χ4v) is 3.60. The van der Waals surface area contributed by atoms with Crippen LogP contribution in [-0.2, 0) is 5.41 Å². The average Bonchev–Trinajstić information content (AvgIpc) is 2.09. The third-order valence-electron chi connectivity index (χ3n) is 4.29. The van der Waals surface area contributed by atoms with Gasteiger partial charge in [-0.3, -0.25) is 0 Å². The number of rotatable bonds is 2. The number of hydrogen-bond acceptors (Lipinski definition) is 4. The second-order valence-corrected chi connectivity index (χ2v) is 5.78. The third kappa shape index (κ3) is 1.47. The summed E-state index contributed by atoms with van der Waals surface area (Å²) in [6, 6.07) is 0. The van der Waals surface area contributed by atoms with Gasteiger partial charge in [-0.15, -0.1) is 0 Å². The summed E-state index contributed by atoms with van der Waals surface area (Å²) in [6.45, 7) is 0. The van der Waals surface area contributed by atoms with Gasteiger partial charge >= 0.3 is 6.18 Å². The maximum atomic E-state index is 12.9. The summed E-state index contributed by atoms with van der Waals surface area (Å²) in [5.74, 6) is 0.170. The molecule has 3 saturated carbocycles. The normalized spacial score (nSPS) is 32.5. The van der Waals surface area contributed by atoms with Crippen LogP contribution < -0.4 is 11.1 Å². The number of nitrogens with one attached hydrogen (secondary N) is 1. The topological polar surface area (TPSA) is 63.8 Å². The monoisotopic (exact) mass is 292 g/mol. The molecule has 8 heteroatoms. The summed E-state index contributed by atoms with van der Waals surface area (Å²) in [5.41, 5.74) is 4.65. The Morgan fingerprint density at radius 3 is 2.32 bits per heavy atom. The van der Waals surface area contributed by atoms with Gasteiger partial charge in [0.15, 0.2) is 5.82 Å². The van der Waals surface area contributed by atoms with Crippen LogP contribution in [0.2, 0.25) is 5.28 Å². The fourth-order valence-electron chi connectivity index (χ4n) is 3.42. The van der Waals surface area contributed by atoms with Gasteiger partial charge in [-0.05, 0) is 30.9 Å². The molecule has 3 fully saturated rings. The van der Waals surface area contributed by atoms with Gasteiger partial charge in [-0.25, -0.2) is 4.98 Å². The number of nitrogens with two attached hydrogens (primary N) is 1. The van der Waals surface area contributed by atoms with E-state index in [-0.39, 0.29) is 30.4 Å². The molecular formula is C11H12ClF3N4. The maximum Gasteiger partial charge on any atom is 0.394 e. The minimum absolute atomic E-state index is 0.0303. The van der Waals surface area contributed by atoms with E-state index in [1.165, 1.54) is 0 Å². The zero-order valence-electron chi connectivity index (χ0n) is 10.1. The van der Waals surface area contributed by atoms with Crippen molar-refractivity contribution in [2.24, 2.45) is 5.41 Å². The molecule has 0 unspecified atom stereocenters. The van der Waals surface area contributed by atoms with Crippen molar-refractivity contribution in [1.82, 2.24) is 9.97 Å². The van der Waals surface area contributed by atoms with Crippen LogP contribution in [-0.4, -0.2) is 23.2 Å². The SMILES string of the molecule is CNc1c(N)nc(Cl)nc1C12CC(C(F)(F)F)(C1)C2. The Hall–Kier alpha value is -1.24. The first-order valence-electron chi connectivity index (χ1n) is 5.81. The Kier molecular flexibility index (Phi) is 2.32. The van der Waals surface area contributed by atoms with Crippen LogP contribution in [0.15, 0.2) is 0 Å². The number of alkyl halides is 3. The lowest BCUT2D eigenvalue weighted by molar-refractivity contribution is -0.337. The summed E-state index contributed by atoms with van der Waals surface area (Å²) in [4.78, 5) is 7.90. The molecule has 3 N–H and O–H groups in total. The van der Waals surface area contributed by atoms with Crippen molar-refractivity contribution in [2.45, 2.75) is 30.9 Å². The number of nitrogens with zero attached hydrogens (tertiary/aromatic N) is 2. The van der Waals surface area contributed by atoms with E-state index in [1.54, 1.807) is 7.05 Å². The second-order valence-electron chi connectivity index (χ2n) is 5.44. The highest BCUT2D eigenvalue weighted by atomic mass is 35.5. The van der Waals surface area contributed by atoms with Crippen LogP contribution in [0.5, 0.6) is 0 Å². The number of hydrogen-bond donors (Lipinski definition) is 2. The molecule has 0 saturated heterocycles. The van der Waals surface area contributed by atoms with Gasteiger partial charge in [0, 0.05) is 12.5 Å². The first kappa shape index (κ1) is 12.8. The van der Waals surface area contributed by atoms with Crippen molar-refractivity contribution in [2.75, 3.05) is 18.1 Å². The van der Waals surface area contributed by atoms with Gasteiger partial charge in [0.25, 0.3) is 0 Å². The van der Waals surface area contributed by atoms with Crippen molar-refractivity contribution in [1.29, 1.82) is 0 Å². The fraction of sp³-hybridized carbons (Fsp3) is 0.636. The zero-order valence-corrected chi connectivity index (χ0v) is 10.9. The predicted molar refractivity (Wildman–Crippen MR) is 65.0 cm³/mol. The van der Waals surface area contributed by atoms with Gasteiger partial charge in [0.2, 0.25) is 5.28 Å². The molecule has 0 radical (unpaired) electrons. The highest BCUT2D eigenvalue weighted by Gasteiger charge is 2.79. The Morgan fingerprint density at radius 1 is 1.26 bits per heavy atom. The molecule has 104 valence electrons. The molecule has 0 atom stereocenters. The van der Waals surface area contributed by atoms with E-state index in [0.29, 0.717) is 11.4 Å². The van der Waals surface area contributed by atoms with Gasteiger partial charge in [0.1, 0.15) is 0 Å². The standard InChI is InChI=1S/C11H12ClF3N4/c1-17-5-6(18-8(12)19-7(5)16)9-2-10(3-9,4-9)11(13,14)15/h17H,2-4H2,1H3,(H2,16,18,19). The number of halogens is 4. The molecule has 19 heavy (non-hydrogen) atoms. The highest BCUT2D eigenvalue weighted by molar-refractivity contribution is 6.28. The molecule has 0 aliphatic heterocycles. The predicted octanol–water partition coefficient (Wildman–Crippen LogP) is 2.74.